The van der Waals surface area contributed by atoms with Crippen molar-refractivity contribution in [3.63, 3.8) is 0 Å². The van der Waals surface area contributed by atoms with E-state index >= 15 is 0 Å². The summed E-state index contributed by atoms with van der Waals surface area (Å²) < 4.78 is 32.8. The summed E-state index contributed by atoms with van der Waals surface area (Å²) >= 11 is 0. The molecule has 0 amide bonds. The van der Waals surface area contributed by atoms with Gasteiger partial charge >= 0.3 is 11.9 Å². The molecule has 0 aromatic heterocycles. The van der Waals surface area contributed by atoms with Gasteiger partial charge in [0.15, 0.2) is 0 Å². The summed E-state index contributed by atoms with van der Waals surface area (Å²) in [7, 11) is 0. The fourth-order valence-corrected chi connectivity index (χ4v) is 4.28. The van der Waals surface area contributed by atoms with E-state index in [1.54, 1.807) is 0 Å². The first kappa shape index (κ1) is 26.0. The van der Waals surface area contributed by atoms with Crippen LogP contribution in [0.2, 0.25) is 0 Å². The highest BCUT2D eigenvalue weighted by atomic mass is 19.3. The molecule has 1 unspecified atom stereocenters. The number of hydrogen-bond donors (Lipinski definition) is 1. The molecule has 0 saturated heterocycles. The zero-order valence-electron chi connectivity index (χ0n) is 18.4. The van der Waals surface area contributed by atoms with Crippen LogP contribution in [0.4, 0.5) is 8.78 Å². The van der Waals surface area contributed by atoms with Crippen LogP contribution in [0.5, 0.6) is 0 Å². The van der Waals surface area contributed by atoms with Crippen LogP contribution in [0, 0.1) is 11.8 Å². The van der Waals surface area contributed by atoms with E-state index in [-0.39, 0.29) is 36.8 Å². The number of esters is 1. The molecule has 0 heterocycles. The normalized spacial score (nSPS) is 22.2. The summed E-state index contributed by atoms with van der Waals surface area (Å²) in [6.45, 7) is 5.50. The number of carbonyl (C=O) groups is 2. The molecule has 0 bridgehead atoms. The van der Waals surface area contributed by atoms with Crippen molar-refractivity contribution in [3.05, 3.63) is 0 Å². The van der Waals surface area contributed by atoms with Crippen molar-refractivity contribution >= 4 is 11.8 Å². The molecule has 1 aliphatic carbocycles. The van der Waals surface area contributed by atoms with Gasteiger partial charge in [0.05, 0.1) is 12.2 Å². The monoisotopic (exact) mass is 418 g/mol. The molecular formula is C23H40F2O4. The minimum atomic E-state index is -3.21. The Kier molecular flexibility index (Phi) is 11.9. The standard InChI is InChI=1S/C23H40F2O4/c1-4-5-16-23(24,25)21(27)15-13-18-12-14-20(26)19(18)10-8-6-7-9-11-22(28)29-17(2)3/h17-20,26H,4-16H2,1-3H3/t18-,19?,20+/m1/s1. The lowest BCUT2D eigenvalue weighted by Crippen LogP contribution is -2.29. The van der Waals surface area contributed by atoms with Crippen LogP contribution in [-0.2, 0) is 14.3 Å². The van der Waals surface area contributed by atoms with Crippen molar-refractivity contribution in [1.29, 1.82) is 0 Å². The molecule has 1 rings (SSSR count). The third-order valence-corrected chi connectivity index (χ3v) is 5.96. The van der Waals surface area contributed by atoms with E-state index in [2.05, 4.69) is 0 Å². The molecule has 1 aliphatic rings. The number of ketones is 1. The lowest BCUT2D eigenvalue weighted by atomic mass is 9.85. The molecule has 1 fully saturated rings. The Labute approximate surface area is 174 Å². The number of hydrogen-bond acceptors (Lipinski definition) is 4. The Bertz CT molecular complexity index is 493. The van der Waals surface area contributed by atoms with Gasteiger partial charge in [-0.05, 0) is 64.2 Å². The Balaban J connectivity index is 2.28. The number of Topliss-reactive ketones (excluding diaryl/α,β-unsaturated/α-hetero) is 1. The van der Waals surface area contributed by atoms with Gasteiger partial charge in [-0.25, -0.2) is 0 Å². The van der Waals surface area contributed by atoms with Gasteiger partial charge in [0.2, 0.25) is 5.78 Å². The van der Waals surface area contributed by atoms with Crippen LogP contribution in [0.1, 0.15) is 104 Å². The second-order valence-corrected chi connectivity index (χ2v) is 8.83. The number of unbranched alkanes of at least 4 members (excludes halogenated alkanes) is 4. The van der Waals surface area contributed by atoms with Crippen molar-refractivity contribution in [1.82, 2.24) is 0 Å². The van der Waals surface area contributed by atoms with Crippen LogP contribution in [0.3, 0.4) is 0 Å². The Morgan fingerprint density at radius 3 is 2.38 bits per heavy atom. The summed E-state index contributed by atoms with van der Waals surface area (Å²) in [5.41, 5.74) is 0. The number of rotatable bonds is 15. The van der Waals surface area contributed by atoms with E-state index in [1.807, 2.05) is 20.8 Å². The van der Waals surface area contributed by atoms with Gasteiger partial charge < -0.3 is 9.84 Å². The number of carbonyl (C=O) groups excluding carboxylic acids is 2. The summed E-state index contributed by atoms with van der Waals surface area (Å²) in [4.78, 5) is 23.4. The molecule has 29 heavy (non-hydrogen) atoms. The van der Waals surface area contributed by atoms with Crippen molar-refractivity contribution in [2.75, 3.05) is 0 Å². The Hall–Kier alpha value is -1.04. The van der Waals surface area contributed by atoms with E-state index in [4.69, 9.17) is 4.74 Å². The summed E-state index contributed by atoms with van der Waals surface area (Å²) in [5.74, 6) is -4.07. The first-order valence-corrected chi connectivity index (χ1v) is 11.5. The third kappa shape index (κ3) is 10.0. The van der Waals surface area contributed by atoms with E-state index in [1.165, 1.54) is 0 Å². The number of halogens is 2. The molecular weight excluding hydrogens is 378 g/mol. The summed E-state index contributed by atoms with van der Waals surface area (Å²) in [5, 5.41) is 10.3. The zero-order valence-corrected chi connectivity index (χ0v) is 18.4. The van der Waals surface area contributed by atoms with Crippen molar-refractivity contribution in [2.24, 2.45) is 11.8 Å². The van der Waals surface area contributed by atoms with E-state index in [0.29, 0.717) is 32.1 Å². The largest absolute Gasteiger partial charge is 0.463 e. The van der Waals surface area contributed by atoms with Gasteiger partial charge in [-0.2, -0.15) is 8.78 Å². The summed E-state index contributed by atoms with van der Waals surface area (Å²) in [6.07, 6.45) is 6.95. The molecule has 6 heteroatoms. The molecule has 0 spiro atoms. The van der Waals surface area contributed by atoms with Gasteiger partial charge in [0.1, 0.15) is 0 Å². The van der Waals surface area contributed by atoms with Crippen molar-refractivity contribution in [2.45, 2.75) is 122 Å². The number of alkyl halides is 2. The predicted octanol–water partition coefficient (Wildman–Crippen LogP) is 5.84. The summed E-state index contributed by atoms with van der Waals surface area (Å²) in [6, 6.07) is 0. The van der Waals surface area contributed by atoms with Crippen LogP contribution in [0.25, 0.3) is 0 Å². The highest BCUT2D eigenvalue weighted by Gasteiger charge is 2.39. The Morgan fingerprint density at radius 2 is 1.72 bits per heavy atom. The minimum Gasteiger partial charge on any atom is -0.463 e. The maximum Gasteiger partial charge on any atom is 0.306 e. The van der Waals surface area contributed by atoms with Crippen LogP contribution in [0.15, 0.2) is 0 Å². The second-order valence-electron chi connectivity index (χ2n) is 8.83. The first-order valence-electron chi connectivity index (χ1n) is 11.5. The quantitative estimate of drug-likeness (QED) is 0.268. The zero-order chi connectivity index (χ0) is 21.9. The highest BCUT2D eigenvalue weighted by Crippen LogP contribution is 2.39. The average Bonchev–Trinajstić information content (AvgIpc) is 3.00. The van der Waals surface area contributed by atoms with Crippen molar-refractivity contribution < 1.29 is 28.2 Å². The molecule has 1 N–H and O–H groups in total. The van der Waals surface area contributed by atoms with Crippen LogP contribution < -0.4 is 0 Å². The van der Waals surface area contributed by atoms with Crippen molar-refractivity contribution in [3.8, 4) is 0 Å². The Morgan fingerprint density at radius 1 is 1.03 bits per heavy atom. The molecule has 0 aromatic carbocycles. The molecule has 4 nitrogen and oxygen atoms in total. The first-order chi connectivity index (χ1) is 13.7. The van der Waals surface area contributed by atoms with Gasteiger partial charge in [0.25, 0.3) is 0 Å². The lowest BCUT2D eigenvalue weighted by Gasteiger charge is -2.23. The van der Waals surface area contributed by atoms with E-state index in [9.17, 15) is 23.5 Å². The number of aliphatic hydroxyl groups excluding tert-OH is 1. The van der Waals surface area contributed by atoms with Crippen LogP contribution >= 0.6 is 0 Å². The smallest absolute Gasteiger partial charge is 0.306 e. The number of ether oxygens (including phenoxy) is 1. The predicted molar refractivity (Wildman–Crippen MR) is 110 cm³/mol. The maximum atomic E-state index is 13.9. The van der Waals surface area contributed by atoms with E-state index < -0.39 is 17.8 Å². The topological polar surface area (TPSA) is 63.6 Å². The molecule has 0 aliphatic heterocycles. The molecule has 1 saturated carbocycles. The fourth-order valence-electron chi connectivity index (χ4n) is 4.28. The van der Waals surface area contributed by atoms with Gasteiger partial charge in [-0.1, -0.05) is 32.6 Å². The lowest BCUT2D eigenvalue weighted by molar-refractivity contribution is -0.147. The highest BCUT2D eigenvalue weighted by molar-refractivity contribution is 5.85. The third-order valence-electron chi connectivity index (χ3n) is 5.96. The van der Waals surface area contributed by atoms with E-state index in [0.717, 1.165) is 38.5 Å². The molecule has 3 atom stereocenters. The van der Waals surface area contributed by atoms with Gasteiger partial charge in [-0.15, -0.1) is 0 Å². The second kappa shape index (κ2) is 13.3. The number of aliphatic hydroxyl groups is 1. The molecule has 170 valence electrons. The maximum absolute atomic E-state index is 13.9. The average molecular weight is 419 g/mol. The molecule has 0 radical (unpaired) electrons. The minimum absolute atomic E-state index is 0.0817. The van der Waals surface area contributed by atoms with Gasteiger partial charge in [-0.3, -0.25) is 9.59 Å². The van der Waals surface area contributed by atoms with Gasteiger partial charge in [0, 0.05) is 19.3 Å². The SMILES string of the molecule is CCCCC(F)(F)C(=O)CC[C@H]1CC[C@H](O)C1CCCCCCC(=O)OC(C)C. The van der Waals surface area contributed by atoms with Crippen LogP contribution in [-0.4, -0.2) is 35.0 Å². The molecule has 0 aromatic rings. The fraction of sp³-hybridized carbons (Fsp3) is 0.913.